The average Bonchev–Trinajstić information content (AvgIpc) is 3.21. The molecule has 0 N–H and O–H groups in total. The van der Waals surface area contributed by atoms with Gasteiger partial charge in [-0.05, 0) is 43.6 Å². The average molecular weight is 314 g/mol. The van der Waals surface area contributed by atoms with Crippen LogP contribution in [-0.2, 0) is 19.9 Å². The van der Waals surface area contributed by atoms with Crippen molar-refractivity contribution in [2.45, 2.75) is 44.4 Å². The fourth-order valence-electron chi connectivity index (χ4n) is 3.77. The number of carbonyl (C=O) groups excluding carboxylic acids is 1. The molecule has 0 saturated carbocycles. The van der Waals surface area contributed by atoms with Crippen LogP contribution in [0.4, 0.5) is 0 Å². The molecule has 1 amide bonds. The predicted molar refractivity (Wildman–Crippen MR) is 84.2 cm³/mol. The van der Waals surface area contributed by atoms with Gasteiger partial charge >= 0.3 is 0 Å². The number of aromatic nitrogens is 3. The molecule has 122 valence electrons. The molecule has 6 nitrogen and oxygen atoms in total. The van der Waals surface area contributed by atoms with E-state index in [-0.39, 0.29) is 5.91 Å². The number of hydrogen-bond acceptors (Lipinski definition) is 4. The highest BCUT2D eigenvalue weighted by atomic mass is 16.5. The molecule has 2 aromatic heterocycles. The third-order valence-electron chi connectivity index (χ3n) is 5.13. The third kappa shape index (κ3) is 2.66. The van der Waals surface area contributed by atoms with E-state index in [0.29, 0.717) is 11.6 Å². The second-order valence-corrected chi connectivity index (χ2v) is 6.65. The van der Waals surface area contributed by atoms with E-state index in [1.165, 1.54) is 5.56 Å². The molecule has 2 aliphatic rings. The van der Waals surface area contributed by atoms with E-state index in [4.69, 9.17) is 4.52 Å². The molecule has 0 radical (unpaired) electrons. The first-order valence-corrected chi connectivity index (χ1v) is 8.47. The highest BCUT2D eigenvalue weighted by Gasteiger charge is 2.30. The first kappa shape index (κ1) is 14.5. The number of aryl methyl sites for hydroxylation is 2. The third-order valence-corrected chi connectivity index (χ3v) is 5.13. The van der Waals surface area contributed by atoms with Gasteiger partial charge in [-0.1, -0.05) is 5.16 Å². The predicted octanol–water partition coefficient (Wildman–Crippen LogP) is 2.31. The lowest BCUT2D eigenvalue weighted by molar-refractivity contribution is 0.0701. The van der Waals surface area contributed by atoms with Gasteiger partial charge in [0.05, 0.1) is 6.20 Å². The van der Waals surface area contributed by atoms with Crippen molar-refractivity contribution in [3.8, 4) is 0 Å². The minimum absolute atomic E-state index is 0.0431. The summed E-state index contributed by atoms with van der Waals surface area (Å²) in [6.07, 6.45) is 10.1. The normalized spacial score (nSPS) is 18.9. The summed E-state index contributed by atoms with van der Waals surface area (Å²) in [4.78, 5) is 14.7. The van der Waals surface area contributed by atoms with Gasteiger partial charge in [0.25, 0.3) is 5.91 Å². The number of nitrogens with zero attached hydrogens (tertiary/aromatic N) is 4. The van der Waals surface area contributed by atoms with Crippen LogP contribution in [0.2, 0.25) is 0 Å². The summed E-state index contributed by atoms with van der Waals surface area (Å²) in [5, 5.41) is 8.32. The smallest absolute Gasteiger partial charge is 0.276 e. The Bertz CT molecular complexity index is 710. The molecule has 0 bridgehead atoms. The van der Waals surface area contributed by atoms with Gasteiger partial charge < -0.3 is 9.42 Å². The lowest BCUT2D eigenvalue weighted by Gasteiger charge is -2.31. The summed E-state index contributed by atoms with van der Waals surface area (Å²) < 4.78 is 7.23. The quantitative estimate of drug-likeness (QED) is 0.853. The topological polar surface area (TPSA) is 64.2 Å². The van der Waals surface area contributed by atoms with Gasteiger partial charge in [-0.25, -0.2) is 0 Å². The largest absolute Gasteiger partial charge is 0.360 e. The van der Waals surface area contributed by atoms with Crippen LogP contribution in [0.1, 0.15) is 59.0 Å². The molecular weight excluding hydrogens is 292 g/mol. The molecule has 1 aliphatic heterocycles. The molecule has 23 heavy (non-hydrogen) atoms. The maximum absolute atomic E-state index is 12.8. The molecule has 0 aromatic carbocycles. The molecule has 1 saturated heterocycles. The van der Waals surface area contributed by atoms with Crippen molar-refractivity contribution in [3.63, 3.8) is 0 Å². The van der Waals surface area contributed by atoms with Crippen molar-refractivity contribution >= 4 is 5.91 Å². The number of fused-ring (bicyclic) bond motifs is 1. The Kier molecular flexibility index (Phi) is 3.67. The fourth-order valence-corrected chi connectivity index (χ4v) is 3.77. The van der Waals surface area contributed by atoms with Crippen LogP contribution in [-0.4, -0.2) is 38.8 Å². The molecule has 0 spiro atoms. The number of likely N-dealkylation sites (tertiary alicyclic amines) is 1. The Morgan fingerprint density at radius 3 is 2.78 bits per heavy atom. The van der Waals surface area contributed by atoms with Crippen LogP contribution < -0.4 is 0 Å². The fraction of sp³-hybridized carbons (Fsp3) is 0.588. The molecule has 0 atom stereocenters. The molecule has 2 aromatic rings. The van der Waals surface area contributed by atoms with Crippen molar-refractivity contribution in [2.75, 3.05) is 13.1 Å². The maximum Gasteiger partial charge on any atom is 0.276 e. The minimum atomic E-state index is 0.0431. The van der Waals surface area contributed by atoms with Crippen LogP contribution in [0, 0.1) is 0 Å². The first-order chi connectivity index (χ1) is 11.2. The van der Waals surface area contributed by atoms with E-state index in [2.05, 4.69) is 16.5 Å². The Balaban J connectivity index is 1.44. The van der Waals surface area contributed by atoms with Gasteiger partial charge in [0.1, 0.15) is 5.76 Å². The van der Waals surface area contributed by atoms with Gasteiger partial charge in [0, 0.05) is 38.3 Å². The van der Waals surface area contributed by atoms with Gasteiger partial charge in [-0.2, -0.15) is 5.10 Å². The molecule has 6 heteroatoms. The Morgan fingerprint density at radius 2 is 2.04 bits per heavy atom. The van der Waals surface area contributed by atoms with Crippen LogP contribution in [0.15, 0.2) is 16.9 Å². The van der Waals surface area contributed by atoms with Crippen molar-refractivity contribution in [2.24, 2.45) is 7.05 Å². The number of rotatable bonds is 2. The van der Waals surface area contributed by atoms with E-state index >= 15 is 0 Å². The standard InChI is InChI=1S/C17H22N4O2/c1-20-11-13(10-18-20)12-6-8-21(9-7-12)17(22)16-14-4-2-3-5-15(14)23-19-16/h10-12H,2-9H2,1H3. The summed E-state index contributed by atoms with van der Waals surface area (Å²) in [5.41, 5.74) is 2.88. The van der Waals surface area contributed by atoms with Crippen LogP contribution in [0.25, 0.3) is 0 Å². The van der Waals surface area contributed by atoms with Crippen molar-refractivity contribution in [1.29, 1.82) is 0 Å². The van der Waals surface area contributed by atoms with Crippen molar-refractivity contribution < 1.29 is 9.32 Å². The first-order valence-electron chi connectivity index (χ1n) is 8.47. The van der Waals surface area contributed by atoms with Crippen molar-refractivity contribution in [3.05, 3.63) is 35.0 Å². The van der Waals surface area contributed by atoms with Gasteiger partial charge in [0.2, 0.25) is 0 Å². The van der Waals surface area contributed by atoms with Gasteiger partial charge in [-0.3, -0.25) is 9.48 Å². The van der Waals surface area contributed by atoms with E-state index < -0.39 is 0 Å². The second-order valence-electron chi connectivity index (χ2n) is 6.65. The SMILES string of the molecule is Cn1cc(C2CCN(C(=O)c3noc4c3CCCC4)CC2)cn1. The molecule has 1 aliphatic carbocycles. The van der Waals surface area contributed by atoms with E-state index in [1.807, 2.05) is 22.8 Å². The minimum Gasteiger partial charge on any atom is -0.360 e. The second kappa shape index (κ2) is 5.83. The monoisotopic (exact) mass is 314 g/mol. The maximum atomic E-state index is 12.8. The lowest BCUT2D eigenvalue weighted by Crippen LogP contribution is -2.38. The summed E-state index contributed by atoms with van der Waals surface area (Å²) >= 11 is 0. The molecule has 3 heterocycles. The number of carbonyl (C=O) groups is 1. The van der Waals surface area contributed by atoms with E-state index in [1.54, 1.807) is 0 Å². The number of amides is 1. The van der Waals surface area contributed by atoms with Crippen LogP contribution in [0.5, 0.6) is 0 Å². The number of hydrogen-bond donors (Lipinski definition) is 0. The lowest BCUT2D eigenvalue weighted by atomic mass is 9.91. The molecular formula is C17H22N4O2. The van der Waals surface area contributed by atoms with Crippen molar-refractivity contribution in [1.82, 2.24) is 19.8 Å². The van der Waals surface area contributed by atoms with Crippen LogP contribution in [0.3, 0.4) is 0 Å². The van der Waals surface area contributed by atoms with E-state index in [9.17, 15) is 4.79 Å². The molecule has 0 unspecified atom stereocenters. The van der Waals surface area contributed by atoms with Gasteiger partial charge in [-0.15, -0.1) is 0 Å². The molecule has 4 rings (SSSR count). The molecule has 1 fully saturated rings. The highest BCUT2D eigenvalue weighted by Crippen LogP contribution is 2.30. The highest BCUT2D eigenvalue weighted by molar-refractivity contribution is 5.94. The zero-order valence-electron chi connectivity index (χ0n) is 13.5. The zero-order valence-corrected chi connectivity index (χ0v) is 13.5. The summed E-state index contributed by atoms with van der Waals surface area (Å²) in [7, 11) is 1.94. The summed E-state index contributed by atoms with van der Waals surface area (Å²) in [6, 6.07) is 0. The van der Waals surface area contributed by atoms with E-state index in [0.717, 1.165) is 62.9 Å². The Hall–Kier alpha value is -2.11. The summed E-state index contributed by atoms with van der Waals surface area (Å²) in [6.45, 7) is 1.56. The summed E-state index contributed by atoms with van der Waals surface area (Å²) in [5.74, 6) is 1.46. The van der Waals surface area contributed by atoms with Gasteiger partial charge in [0.15, 0.2) is 5.69 Å². The Morgan fingerprint density at radius 1 is 1.26 bits per heavy atom. The Labute approximate surface area is 135 Å². The van der Waals surface area contributed by atoms with Crippen LogP contribution >= 0.6 is 0 Å². The zero-order chi connectivity index (χ0) is 15.8. The number of piperidine rings is 1.